The smallest absolute Gasteiger partial charge is 0.384 e. The van der Waals surface area contributed by atoms with Gasteiger partial charge in [-0.3, -0.25) is 0 Å². The Morgan fingerprint density at radius 3 is 2.00 bits per heavy atom. The second kappa shape index (κ2) is 8.54. The summed E-state index contributed by atoms with van der Waals surface area (Å²) in [4.78, 5) is 2.61. The van der Waals surface area contributed by atoms with E-state index in [2.05, 4.69) is 29.1 Å². The van der Waals surface area contributed by atoms with Crippen LogP contribution in [0.1, 0.15) is 12.8 Å². The van der Waals surface area contributed by atoms with E-state index in [1.807, 2.05) is 0 Å². The Balaban J connectivity index is 2.10. The highest BCUT2D eigenvalue weighted by Crippen LogP contribution is 2.13. The zero-order valence-corrected chi connectivity index (χ0v) is 15.4. The molecule has 1 radical (unpaired) electrons. The molecule has 0 aromatic carbocycles. The molecule has 1 rings (SSSR count). The van der Waals surface area contributed by atoms with Crippen LogP contribution in [0.4, 0.5) is 0 Å². The van der Waals surface area contributed by atoms with Gasteiger partial charge in [-0.2, -0.15) is 0 Å². The minimum Gasteiger partial charge on any atom is -0.397 e. The van der Waals surface area contributed by atoms with Crippen LogP contribution in [0.15, 0.2) is 0 Å². The van der Waals surface area contributed by atoms with Gasteiger partial charge in [0, 0.05) is 40.4 Å². The zero-order chi connectivity index (χ0) is 14.3. The van der Waals surface area contributed by atoms with Gasteiger partial charge in [0.15, 0.2) is 0 Å². The third kappa shape index (κ3) is 6.51. The van der Waals surface area contributed by atoms with Crippen molar-refractivity contribution in [3.63, 3.8) is 0 Å². The van der Waals surface area contributed by atoms with Crippen LogP contribution in [0.2, 0.25) is 25.7 Å². The molecule has 0 amide bonds. The molecule has 0 spiro atoms. The number of hydrogen-bond donors (Lipinski definition) is 0. The molecule has 0 bridgehead atoms. The highest BCUT2D eigenvalue weighted by molar-refractivity contribution is 6.73. The zero-order valence-electron chi connectivity index (χ0n) is 13.4. The fraction of sp³-hybridized carbons (Fsp3) is 1.00. The topological polar surface area (TPSA) is 24.9 Å². The fourth-order valence-electron chi connectivity index (χ4n) is 2.53. The molecule has 0 aliphatic carbocycles. The van der Waals surface area contributed by atoms with Gasteiger partial charge in [0.2, 0.25) is 0 Å². The fourth-order valence-corrected chi connectivity index (χ4v) is 5.19. The average Bonchev–Trinajstić information content (AvgIpc) is 2.38. The lowest BCUT2D eigenvalue weighted by molar-refractivity contribution is 0.181. The predicted octanol–water partition coefficient (Wildman–Crippen LogP) is 2.00. The van der Waals surface area contributed by atoms with Gasteiger partial charge in [0.1, 0.15) is 8.24 Å². The minimum atomic E-state index is -1.07. The molecule has 0 N–H and O–H groups in total. The monoisotopic (exact) mass is 303 g/mol. The van der Waals surface area contributed by atoms with Crippen molar-refractivity contribution in [2.24, 2.45) is 0 Å². The molecule has 0 aromatic rings. The molecule has 0 atom stereocenters. The van der Waals surface area contributed by atoms with Crippen molar-refractivity contribution in [1.29, 1.82) is 0 Å². The molecule has 0 aromatic heterocycles. The van der Waals surface area contributed by atoms with E-state index >= 15 is 0 Å². The number of rotatable bonds is 8. The summed E-state index contributed by atoms with van der Waals surface area (Å²) in [7, 11) is 1.47. The number of nitrogens with zero attached hydrogens (tertiary/aromatic N) is 2. The summed E-state index contributed by atoms with van der Waals surface area (Å²) in [5.41, 5.74) is 0. The standard InChI is InChI=1S/C13H31N2O2Si2/c1-16-18(17-2)13-7-6-8-14-9-11-15(12-10-14)19(3,4)5/h6-13H2,1-5H3. The van der Waals surface area contributed by atoms with E-state index in [9.17, 15) is 0 Å². The van der Waals surface area contributed by atoms with Crippen molar-refractivity contribution in [1.82, 2.24) is 9.47 Å². The van der Waals surface area contributed by atoms with E-state index in [-0.39, 0.29) is 0 Å². The van der Waals surface area contributed by atoms with Crippen molar-refractivity contribution < 1.29 is 8.85 Å². The molecule has 1 saturated heterocycles. The first-order valence-corrected chi connectivity index (χ1v) is 12.4. The summed E-state index contributed by atoms with van der Waals surface area (Å²) >= 11 is 0. The molecule has 1 fully saturated rings. The maximum atomic E-state index is 5.31. The number of piperazine rings is 1. The Hall–Kier alpha value is 0.274. The van der Waals surface area contributed by atoms with Gasteiger partial charge in [-0.25, -0.2) is 0 Å². The minimum absolute atomic E-state index is 0.975. The number of hydrogen-bond acceptors (Lipinski definition) is 4. The van der Waals surface area contributed by atoms with Gasteiger partial charge in [-0.15, -0.1) is 0 Å². The van der Waals surface area contributed by atoms with Crippen molar-refractivity contribution >= 4 is 17.5 Å². The molecule has 0 saturated carbocycles. The van der Waals surface area contributed by atoms with E-state index in [0.717, 1.165) is 6.04 Å². The van der Waals surface area contributed by atoms with Crippen LogP contribution in [0.3, 0.4) is 0 Å². The van der Waals surface area contributed by atoms with Crippen LogP contribution in [0.25, 0.3) is 0 Å². The van der Waals surface area contributed by atoms with E-state index in [1.54, 1.807) is 14.2 Å². The molecule has 1 aliphatic heterocycles. The summed E-state index contributed by atoms with van der Waals surface area (Å²) in [6.07, 6.45) is 2.50. The molecule has 6 heteroatoms. The Kier molecular flexibility index (Phi) is 7.78. The Morgan fingerprint density at radius 1 is 0.947 bits per heavy atom. The molecule has 4 nitrogen and oxygen atoms in total. The van der Waals surface area contributed by atoms with Gasteiger partial charge in [-0.05, 0) is 19.0 Å². The highest BCUT2D eigenvalue weighted by Gasteiger charge is 2.27. The summed E-state index contributed by atoms with van der Waals surface area (Å²) < 4.78 is 13.3. The van der Waals surface area contributed by atoms with Crippen LogP contribution < -0.4 is 0 Å². The van der Waals surface area contributed by atoms with Gasteiger partial charge < -0.3 is 18.3 Å². The van der Waals surface area contributed by atoms with Gasteiger partial charge in [0.05, 0.1) is 0 Å². The Morgan fingerprint density at radius 2 is 1.53 bits per heavy atom. The summed E-state index contributed by atoms with van der Waals surface area (Å²) in [6.45, 7) is 13.6. The maximum absolute atomic E-state index is 5.31. The van der Waals surface area contributed by atoms with Crippen LogP contribution in [-0.2, 0) is 8.85 Å². The second-order valence-corrected chi connectivity index (χ2v) is 13.3. The quantitative estimate of drug-likeness (QED) is 0.506. The average molecular weight is 304 g/mol. The molecule has 1 heterocycles. The third-order valence-corrected chi connectivity index (χ3v) is 7.90. The van der Waals surface area contributed by atoms with Crippen molar-refractivity contribution in [2.75, 3.05) is 46.9 Å². The molecular weight excluding hydrogens is 272 g/mol. The normalized spacial score (nSPS) is 19.3. The first kappa shape index (κ1) is 17.3. The third-order valence-electron chi connectivity index (χ3n) is 3.88. The van der Waals surface area contributed by atoms with Crippen molar-refractivity contribution in [3.05, 3.63) is 0 Å². The van der Waals surface area contributed by atoms with Crippen molar-refractivity contribution in [2.45, 2.75) is 38.5 Å². The summed E-state index contributed by atoms with van der Waals surface area (Å²) in [5, 5.41) is 0. The van der Waals surface area contributed by atoms with E-state index in [0.29, 0.717) is 0 Å². The largest absolute Gasteiger partial charge is 0.397 e. The van der Waals surface area contributed by atoms with Crippen molar-refractivity contribution in [3.8, 4) is 0 Å². The Labute approximate surface area is 122 Å². The molecule has 113 valence electrons. The maximum Gasteiger partial charge on any atom is 0.384 e. The van der Waals surface area contributed by atoms with Crippen LogP contribution in [0, 0.1) is 0 Å². The molecule has 19 heavy (non-hydrogen) atoms. The predicted molar refractivity (Wildman–Crippen MR) is 85.2 cm³/mol. The lowest BCUT2D eigenvalue weighted by Gasteiger charge is -2.41. The number of unbranched alkanes of at least 4 members (excludes halogenated alkanes) is 1. The van der Waals surface area contributed by atoms with E-state index in [1.165, 1.54) is 45.6 Å². The van der Waals surface area contributed by atoms with Gasteiger partial charge >= 0.3 is 9.28 Å². The van der Waals surface area contributed by atoms with E-state index in [4.69, 9.17) is 8.85 Å². The molecule has 1 aliphatic rings. The second-order valence-electron chi connectivity index (χ2n) is 6.24. The summed E-state index contributed by atoms with van der Waals surface area (Å²) in [6, 6.07) is 1.10. The first-order chi connectivity index (χ1) is 8.97. The molecular formula is C13H31N2O2Si2. The first-order valence-electron chi connectivity index (χ1n) is 7.38. The van der Waals surface area contributed by atoms with Crippen LogP contribution in [-0.4, -0.2) is 73.9 Å². The van der Waals surface area contributed by atoms with Gasteiger partial charge in [-0.1, -0.05) is 26.1 Å². The highest BCUT2D eigenvalue weighted by atomic mass is 28.3. The Bertz CT molecular complexity index is 237. The lowest BCUT2D eigenvalue weighted by Crippen LogP contribution is -2.56. The lowest BCUT2D eigenvalue weighted by atomic mass is 10.3. The SMILES string of the molecule is CO[Si](CCCCN1CCN([Si](C)(C)C)CC1)OC. The van der Waals surface area contributed by atoms with Crippen LogP contribution >= 0.6 is 0 Å². The molecule has 0 unspecified atom stereocenters. The van der Waals surface area contributed by atoms with Gasteiger partial charge in [0.25, 0.3) is 0 Å². The van der Waals surface area contributed by atoms with E-state index < -0.39 is 17.5 Å². The van der Waals surface area contributed by atoms with Crippen LogP contribution in [0.5, 0.6) is 0 Å². The summed E-state index contributed by atoms with van der Waals surface area (Å²) in [5.74, 6) is 0.